The topological polar surface area (TPSA) is 38.1 Å². The van der Waals surface area contributed by atoms with Crippen molar-refractivity contribution in [2.75, 3.05) is 12.4 Å². The quantitative estimate of drug-likeness (QED) is 0.565. The van der Waals surface area contributed by atoms with E-state index in [0.29, 0.717) is 0 Å². The minimum atomic E-state index is 0.823. The monoisotopic (exact) mass is 300 g/mol. The molecule has 1 N–H and O–H groups in total. The van der Waals surface area contributed by atoms with Crippen molar-refractivity contribution in [3.05, 3.63) is 72.9 Å². The summed E-state index contributed by atoms with van der Waals surface area (Å²) in [6.07, 6.45) is 1.83. The fourth-order valence-electron chi connectivity index (χ4n) is 2.75. The van der Waals surface area contributed by atoms with Crippen molar-refractivity contribution in [2.24, 2.45) is 0 Å². The van der Waals surface area contributed by atoms with E-state index >= 15 is 0 Å². The molecule has 0 radical (unpaired) electrons. The smallest absolute Gasteiger partial charge is 0.161 e. The number of benzene rings is 2. The lowest BCUT2D eigenvalue weighted by Crippen LogP contribution is -1.87. The SMILES string of the molecule is CNc1cccc(-c2cc3nccc(-c4ccccc4)c3o2)c1. The van der Waals surface area contributed by atoms with Crippen LogP contribution in [0.5, 0.6) is 0 Å². The van der Waals surface area contributed by atoms with Gasteiger partial charge in [-0.15, -0.1) is 0 Å². The summed E-state index contributed by atoms with van der Waals surface area (Å²) in [6.45, 7) is 0. The van der Waals surface area contributed by atoms with E-state index in [9.17, 15) is 0 Å². The van der Waals surface area contributed by atoms with Gasteiger partial charge in [-0.05, 0) is 23.8 Å². The molecule has 0 fully saturated rings. The molecule has 4 aromatic rings. The second kappa shape index (κ2) is 5.61. The van der Waals surface area contributed by atoms with E-state index in [2.05, 4.69) is 28.5 Å². The maximum atomic E-state index is 6.15. The molecule has 3 heteroatoms. The van der Waals surface area contributed by atoms with Crippen LogP contribution >= 0.6 is 0 Å². The maximum Gasteiger partial charge on any atom is 0.161 e. The first kappa shape index (κ1) is 13.6. The largest absolute Gasteiger partial charge is 0.454 e. The van der Waals surface area contributed by atoms with Crippen LogP contribution in [0.1, 0.15) is 0 Å². The van der Waals surface area contributed by atoms with Crippen LogP contribution in [0.15, 0.2) is 77.3 Å². The Morgan fingerprint density at radius 2 is 1.70 bits per heavy atom. The molecule has 112 valence electrons. The Labute approximate surface area is 134 Å². The van der Waals surface area contributed by atoms with E-state index in [0.717, 1.165) is 39.2 Å². The Hall–Kier alpha value is -3.07. The number of hydrogen-bond acceptors (Lipinski definition) is 3. The highest BCUT2D eigenvalue weighted by Crippen LogP contribution is 2.34. The molecule has 2 aromatic heterocycles. The lowest BCUT2D eigenvalue weighted by molar-refractivity contribution is 0.632. The van der Waals surface area contributed by atoms with Crippen molar-refractivity contribution in [3.63, 3.8) is 0 Å². The Morgan fingerprint density at radius 1 is 0.870 bits per heavy atom. The predicted octanol–water partition coefficient (Wildman–Crippen LogP) is 5.20. The van der Waals surface area contributed by atoms with Gasteiger partial charge in [0.25, 0.3) is 0 Å². The molecule has 0 aliphatic heterocycles. The zero-order valence-electron chi connectivity index (χ0n) is 12.8. The van der Waals surface area contributed by atoms with Gasteiger partial charge in [0, 0.05) is 36.1 Å². The third kappa shape index (κ3) is 2.46. The maximum absolute atomic E-state index is 6.15. The molecule has 4 rings (SSSR count). The van der Waals surface area contributed by atoms with Crippen molar-refractivity contribution in [3.8, 4) is 22.5 Å². The molecular formula is C20H16N2O. The van der Waals surface area contributed by atoms with E-state index < -0.39 is 0 Å². The highest BCUT2D eigenvalue weighted by Gasteiger charge is 2.12. The summed E-state index contributed by atoms with van der Waals surface area (Å²) in [5, 5.41) is 3.15. The average molecular weight is 300 g/mol. The van der Waals surface area contributed by atoms with Crippen molar-refractivity contribution < 1.29 is 4.42 Å². The number of furan rings is 1. The van der Waals surface area contributed by atoms with Gasteiger partial charge in [0.05, 0.1) is 0 Å². The summed E-state index contributed by atoms with van der Waals surface area (Å²) in [5.74, 6) is 0.827. The van der Waals surface area contributed by atoms with E-state index in [1.54, 1.807) is 0 Å². The summed E-state index contributed by atoms with van der Waals surface area (Å²) >= 11 is 0. The molecule has 0 atom stereocenters. The van der Waals surface area contributed by atoms with Gasteiger partial charge in [-0.2, -0.15) is 0 Å². The van der Waals surface area contributed by atoms with Gasteiger partial charge in [-0.25, -0.2) is 0 Å². The van der Waals surface area contributed by atoms with Crippen LogP contribution in [0.2, 0.25) is 0 Å². The summed E-state index contributed by atoms with van der Waals surface area (Å²) in [6, 6.07) is 22.4. The van der Waals surface area contributed by atoms with Gasteiger partial charge in [-0.3, -0.25) is 4.98 Å². The van der Waals surface area contributed by atoms with Crippen molar-refractivity contribution in [2.45, 2.75) is 0 Å². The van der Waals surface area contributed by atoms with Crippen LogP contribution in [-0.2, 0) is 0 Å². The Balaban J connectivity index is 1.88. The Bertz CT molecular complexity index is 958. The predicted molar refractivity (Wildman–Crippen MR) is 94.4 cm³/mol. The van der Waals surface area contributed by atoms with Gasteiger partial charge in [0.15, 0.2) is 5.58 Å². The minimum Gasteiger partial charge on any atom is -0.454 e. The zero-order valence-corrected chi connectivity index (χ0v) is 12.8. The third-order valence-electron chi connectivity index (χ3n) is 3.93. The normalized spacial score (nSPS) is 10.8. The molecule has 0 aliphatic carbocycles. The van der Waals surface area contributed by atoms with E-state index in [1.807, 2.05) is 61.8 Å². The van der Waals surface area contributed by atoms with Crippen molar-refractivity contribution >= 4 is 16.8 Å². The van der Waals surface area contributed by atoms with Gasteiger partial charge >= 0.3 is 0 Å². The first-order chi connectivity index (χ1) is 11.3. The first-order valence-corrected chi connectivity index (χ1v) is 7.57. The molecule has 0 bridgehead atoms. The third-order valence-corrected chi connectivity index (χ3v) is 3.93. The summed E-state index contributed by atoms with van der Waals surface area (Å²) < 4.78 is 6.15. The first-order valence-electron chi connectivity index (χ1n) is 7.57. The number of aromatic nitrogens is 1. The average Bonchev–Trinajstić information content (AvgIpc) is 3.07. The van der Waals surface area contributed by atoms with Crippen LogP contribution in [0.4, 0.5) is 5.69 Å². The van der Waals surface area contributed by atoms with E-state index in [-0.39, 0.29) is 0 Å². The molecule has 0 saturated heterocycles. The summed E-state index contributed by atoms with van der Waals surface area (Å²) in [5.41, 5.74) is 5.98. The van der Waals surface area contributed by atoms with E-state index in [4.69, 9.17) is 4.42 Å². The van der Waals surface area contributed by atoms with Crippen LogP contribution < -0.4 is 5.32 Å². The number of nitrogens with zero attached hydrogens (tertiary/aromatic N) is 1. The van der Waals surface area contributed by atoms with Crippen LogP contribution in [0.3, 0.4) is 0 Å². The number of hydrogen-bond donors (Lipinski definition) is 1. The van der Waals surface area contributed by atoms with Crippen molar-refractivity contribution in [1.29, 1.82) is 0 Å². The molecule has 0 saturated carbocycles. The molecule has 3 nitrogen and oxygen atoms in total. The molecular weight excluding hydrogens is 284 g/mol. The lowest BCUT2D eigenvalue weighted by Gasteiger charge is -2.03. The van der Waals surface area contributed by atoms with Gasteiger partial charge < -0.3 is 9.73 Å². The van der Waals surface area contributed by atoms with Gasteiger partial charge in [0.1, 0.15) is 11.3 Å². The summed E-state index contributed by atoms with van der Waals surface area (Å²) in [7, 11) is 1.91. The second-order valence-corrected chi connectivity index (χ2v) is 5.38. The number of nitrogens with one attached hydrogen (secondary N) is 1. The zero-order chi connectivity index (χ0) is 15.6. The number of pyridine rings is 1. The molecule has 0 amide bonds. The summed E-state index contributed by atoms with van der Waals surface area (Å²) in [4.78, 5) is 4.45. The molecule has 23 heavy (non-hydrogen) atoms. The lowest BCUT2D eigenvalue weighted by atomic mass is 10.1. The molecule has 0 spiro atoms. The fourth-order valence-corrected chi connectivity index (χ4v) is 2.75. The number of anilines is 1. The Kier molecular flexibility index (Phi) is 3.31. The van der Waals surface area contributed by atoms with Crippen molar-refractivity contribution in [1.82, 2.24) is 4.98 Å². The Morgan fingerprint density at radius 3 is 2.52 bits per heavy atom. The van der Waals surface area contributed by atoms with E-state index in [1.165, 1.54) is 0 Å². The number of rotatable bonds is 3. The minimum absolute atomic E-state index is 0.823. The highest BCUT2D eigenvalue weighted by atomic mass is 16.3. The fraction of sp³-hybridized carbons (Fsp3) is 0.0500. The molecule has 2 aromatic carbocycles. The molecule has 0 aliphatic rings. The standard InChI is InChI=1S/C20H16N2O/c1-21-16-9-5-8-15(12-16)19-13-18-20(23-19)17(10-11-22-18)14-6-3-2-4-7-14/h2-13,21H,1H3. The highest BCUT2D eigenvalue weighted by molar-refractivity contribution is 5.92. The van der Waals surface area contributed by atoms with Crippen LogP contribution in [-0.4, -0.2) is 12.0 Å². The number of fused-ring (bicyclic) bond motifs is 1. The van der Waals surface area contributed by atoms with Gasteiger partial charge in [-0.1, -0.05) is 42.5 Å². The van der Waals surface area contributed by atoms with Crippen LogP contribution in [0.25, 0.3) is 33.6 Å². The van der Waals surface area contributed by atoms with Crippen LogP contribution in [0, 0.1) is 0 Å². The molecule has 2 heterocycles. The molecule has 0 unspecified atom stereocenters. The van der Waals surface area contributed by atoms with Gasteiger partial charge in [0.2, 0.25) is 0 Å². The second-order valence-electron chi connectivity index (χ2n) is 5.38.